The molecule has 0 aliphatic carbocycles. The average molecular weight is 819 g/mol. The van der Waals surface area contributed by atoms with Crippen molar-refractivity contribution in [2.24, 2.45) is 0 Å². The van der Waals surface area contributed by atoms with Gasteiger partial charge in [-0.2, -0.15) is 0 Å². The molecule has 14 nitrogen and oxygen atoms in total. The van der Waals surface area contributed by atoms with E-state index >= 15 is 0 Å². The van der Waals surface area contributed by atoms with Crippen molar-refractivity contribution < 1.29 is 34.1 Å². The lowest BCUT2D eigenvalue weighted by molar-refractivity contribution is -0.130. The summed E-state index contributed by atoms with van der Waals surface area (Å²) in [6.07, 6.45) is 1.83. The predicted molar refractivity (Wildman–Crippen MR) is 232 cm³/mol. The van der Waals surface area contributed by atoms with E-state index in [0.717, 1.165) is 29.8 Å². The van der Waals surface area contributed by atoms with Crippen molar-refractivity contribution in [2.75, 3.05) is 57.5 Å². The van der Waals surface area contributed by atoms with Crippen LogP contribution in [0.1, 0.15) is 55.8 Å². The molecular weight excluding hydrogens is 765 g/mol. The summed E-state index contributed by atoms with van der Waals surface area (Å²) in [7, 11) is 3.32. The molecule has 3 amide bonds. The molecule has 6 N–H and O–H groups in total. The van der Waals surface area contributed by atoms with Gasteiger partial charge in [-0.15, -0.1) is 0 Å². The Balaban J connectivity index is 0.844. The minimum absolute atomic E-state index is 0.0505. The number of aliphatic hydroxyl groups is 1. The standard InChI is InChI=1S/C46H54N6O8/c1-51(44(57)23-27-52-25-21-33(22-26-52)60-46(58)49-37-13-7-6-12-34(37)32-10-4-3-5-11-32)24-9-8-14-42(55)48-38-18-15-31(28-41(38)59-2)29-47-30-40(54)35-16-19-39(53)45-36(35)17-20-43(56)50-45/h3-7,10-13,15-20,28,33,40,47,53-54H,8-9,14,21-27,29-30H2,1-2H3,(H,48,55)(H,49,58)(H,50,56)/t40-/m1/s1. The first kappa shape index (κ1) is 43.4. The van der Waals surface area contributed by atoms with Crippen LogP contribution >= 0.6 is 0 Å². The number of piperidine rings is 1. The summed E-state index contributed by atoms with van der Waals surface area (Å²) in [6.45, 7) is 3.29. The van der Waals surface area contributed by atoms with Gasteiger partial charge in [0.15, 0.2) is 0 Å². The molecule has 1 fully saturated rings. The van der Waals surface area contributed by atoms with Crippen molar-refractivity contribution in [2.45, 2.75) is 57.3 Å². The van der Waals surface area contributed by atoms with Gasteiger partial charge in [0, 0.05) is 76.2 Å². The molecule has 14 heteroatoms. The minimum Gasteiger partial charge on any atom is -0.506 e. The van der Waals surface area contributed by atoms with Crippen LogP contribution in [0.2, 0.25) is 0 Å². The number of amides is 3. The van der Waals surface area contributed by atoms with Gasteiger partial charge in [0.05, 0.1) is 30.1 Å². The number of para-hydroxylation sites is 1. The molecule has 2 heterocycles. The topological polar surface area (TPSA) is 186 Å². The smallest absolute Gasteiger partial charge is 0.411 e. The number of fused-ring (bicyclic) bond motifs is 1. The van der Waals surface area contributed by atoms with Crippen molar-refractivity contribution >= 4 is 40.2 Å². The van der Waals surface area contributed by atoms with Gasteiger partial charge in [0.2, 0.25) is 17.4 Å². The summed E-state index contributed by atoms with van der Waals surface area (Å²) in [4.78, 5) is 56.7. The molecule has 0 saturated carbocycles. The zero-order valence-corrected chi connectivity index (χ0v) is 34.1. The number of H-pyrrole nitrogens is 1. The normalized spacial score (nSPS) is 13.7. The van der Waals surface area contributed by atoms with E-state index in [2.05, 4.69) is 25.8 Å². The summed E-state index contributed by atoms with van der Waals surface area (Å²) in [6, 6.07) is 29.0. The number of benzene rings is 4. The largest absolute Gasteiger partial charge is 0.506 e. The number of likely N-dealkylation sites (tertiary alicyclic amines) is 1. The Morgan fingerprint density at radius 1 is 0.900 bits per heavy atom. The number of carbonyl (C=O) groups is 3. The van der Waals surface area contributed by atoms with Gasteiger partial charge in [0.25, 0.3) is 0 Å². The lowest BCUT2D eigenvalue weighted by Gasteiger charge is -2.31. The maximum Gasteiger partial charge on any atom is 0.411 e. The molecule has 0 bridgehead atoms. The number of aromatic hydroxyl groups is 1. The number of phenolic OH excluding ortho intramolecular Hbond substituents is 1. The Labute approximate surface area is 349 Å². The molecule has 6 rings (SSSR count). The Kier molecular flexibility index (Phi) is 15.3. The van der Waals surface area contributed by atoms with Gasteiger partial charge in [-0.05, 0) is 72.7 Å². The predicted octanol–water partition coefficient (Wildman–Crippen LogP) is 6.40. The van der Waals surface area contributed by atoms with Crippen LogP contribution in [0.5, 0.6) is 11.5 Å². The summed E-state index contributed by atoms with van der Waals surface area (Å²) < 4.78 is 11.3. The molecule has 4 aromatic carbocycles. The fourth-order valence-corrected chi connectivity index (χ4v) is 7.38. The van der Waals surface area contributed by atoms with Crippen LogP contribution in [-0.2, 0) is 20.9 Å². The Morgan fingerprint density at radius 2 is 1.67 bits per heavy atom. The Morgan fingerprint density at radius 3 is 2.45 bits per heavy atom. The van der Waals surface area contributed by atoms with Crippen LogP contribution in [0.25, 0.3) is 22.0 Å². The van der Waals surface area contributed by atoms with E-state index in [1.54, 1.807) is 30.1 Å². The van der Waals surface area contributed by atoms with Gasteiger partial charge in [-0.1, -0.05) is 60.7 Å². The Bertz CT molecular complexity index is 2290. The van der Waals surface area contributed by atoms with Crippen LogP contribution in [0.3, 0.4) is 0 Å². The van der Waals surface area contributed by atoms with Crippen molar-refractivity contribution in [3.63, 3.8) is 0 Å². The number of methoxy groups -OCH3 is 1. The third kappa shape index (κ3) is 11.9. The number of unbranched alkanes of at least 4 members (excludes halogenated alkanes) is 1. The van der Waals surface area contributed by atoms with Gasteiger partial charge in [-0.3, -0.25) is 19.7 Å². The molecule has 0 radical (unpaired) electrons. The Hall–Kier alpha value is -6.22. The quantitative estimate of drug-likeness (QED) is 0.0541. The molecule has 5 aromatic rings. The van der Waals surface area contributed by atoms with E-state index in [1.807, 2.05) is 66.7 Å². The highest BCUT2D eigenvalue weighted by molar-refractivity contribution is 5.93. The molecule has 60 heavy (non-hydrogen) atoms. The first-order chi connectivity index (χ1) is 29.1. The van der Waals surface area contributed by atoms with Crippen molar-refractivity contribution in [1.82, 2.24) is 20.1 Å². The monoisotopic (exact) mass is 818 g/mol. The number of nitrogens with zero attached hydrogens (tertiary/aromatic N) is 2. The fourth-order valence-electron chi connectivity index (χ4n) is 7.38. The van der Waals surface area contributed by atoms with Gasteiger partial charge >= 0.3 is 6.09 Å². The third-order valence-corrected chi connectivity index (χ3v) is 10.7. The maximum absolute atomic E-state index is 12.9. The molecule has 1 atom stereocenters. The number of hydrogen-bond donors (Lipinski definition) is 6. The fraction of sp³-hybridized carbons (Fsp3) is 0.348. The lowest BCUT2D eigenvalue weighted by atomic mass is 10.0. The number of nitrogens with one attached hydrogen (secondary N) is 4. The highest BCUT2D eigenvalue weighted by atomic mass is 16.6. The SMILES string of the molecule is COc1cc(CNC[C@@H](O)c2ccc(O)c3[nH]c(=O)ccc23)ccc1NC(=O)CCCCN(C)C(=O)CCN1CCC(OC(=O)Nc2ccccc2-c2ccccc2)CC1. The summed E-state index contributed by atoms with van der Waals surface area (Å²) in [5.74, 6) is 0.334. The number of rotatable bonds is 18. The second-order valence-corrected chi connectivity index (χ2v) is 15.0. The van der Waals surface area contributed by atoms with Crippen LogP contribution in [-0.4, -0.2) is 95.9 Å². The molecule has 1 aliphatic rings. The maximum atomic E-state index is 12.9. The highest BCUT2D eigenvalue weighted by Gasteiger charge is 2.24. The molecule has 316 valence electrons. The van der Waals surface area contributed by atoms with Crippen molar-refractivity contribution in [3.8, 4) is 22.6 Å². The van der Waals surface area contributed by atoms with E-state index in [0.29, 0.717) is 86.2 Å². The highest BCUT2D eigenvalue weighted by Crippen LogP contribution is 2.30. The van der Waals surface area contributed by atoms with Crippen molar-refractivity contribution in [3.05, 3.63) is 119 Å². The average Bonchev–Trinajstić information content (AvgIpc) is 3.25. The number of phenols is 1. The summed E-state index contributed by atoms with van der Waals surface area (Å²) >= 11 is 0. The van der Waals surface area contributed by atoms with Gasteiger partial charge in [0.1, 0.15) is 17.6 Å². The molecular formula is C46H54N6O8. The molecule has 0 spiro atoms. The van der Waals surface area contributed by atoms with Gasteiger partial charge in [-0.25, -0.2) is 4.79 Å². The number of carbonyl (C=O) groups excluding carboxylic acids is 3. The van der Waals surface area contributed by atoms with E-state index in [-0.39, 0.29) is 41.3 Å². The lowest BCUT2D eigenvalue weighted by Crippen LogP contribution is -2.40. The van der Waals surface area contributed by atoms with Crippen LogP contribution in [0.4, 0.5) is 16.2 Å². The van der Waals surface area contributed by atoms with Crippen LogP contribution < -0.4 is 26.2 Å². The molecule has 1 aromatic heterocycles. The second-order valence-electron chi connectivity index (χ2n) is 15.0. The summed E-state index contributed by atoms with van der Waals surface area (Å²) in [5.41, 5.74) is 4.57. The number of anilines is 2. The zero-order chi connectivity index (χ0) is 42.4. The number of aromatic nitrogens is 1. The summed E-state index contributed by atoms with van der Waals surface area (Å²) in [5, 5.41) is 30.6. The van der Waals surface area contributed by atoms with Crippen LogP contribution in [0, 0.1) is 0 Å². The number of hydrogen-bond acceptors (Lipinski definition) is 10. The molecule has 0 unspecified atom stereocenters. The minimum atomic E-state index is -0.897. The van der Waals surface area contributed by atoms with Crippen molar-refractivity contribution in [1.29, 1.82) is 0 Å². The zero-order valence-electron chi connectivity index (χ0n) is 34.1. The number of pyridine rings is 1. The number of aromatic amines is 1. The van der Waals surface area contributed by atoms with E-state index in [4.69, 9.17) is 9.47 Å². The first-order valence-electron chi connectivity index (χ1n) is 20.4. The van der Waals surface area contributed by atoms with E-state index < -0.39 is 12.2 Å². The van der Waals surface area contributed by atoms with E-state index in [9.17, 15) is 29.4 Å². The third-order valence-electron chi connectivity index (χ3n) is 10.7. The van der Waals surface area contributed by atoms with Crippen LogP contribution in [0.15, 0.2) is 102 Å². The van der Waals surface area contributed by atoms with Gasteiger partial charge < -0.3 is 45.1 Å². The number of aliphatic hydroxyl groups excluding tert-OH is 1. The molecule has 1 saturated heterocycles. The molecule has 1 aliphatic heterocycles. The number of ether oxygens (including phenoxy) is 2. The first-order valence-corrected chi connectivity index (χ1v) is 20.4. The van der Waals surface area contributed by atoms with E-state index in [1.165, 1.54) is 19.2 Å². The second kappa shape index (κ2) is 21.2.